The van der Waals surface area contributed by atoms with Gasteiger partial charge >= 0.3 is 0 Å². The molecule has 0 N–H and O–H groups in total. The van der Waals surface area contributed by atoms with E-state index in [2.05, 4.69) is 24.9 Å². The molecule has 0 saturated heterocycles. The van der Waals surface area contributed by atoms with E-state index in [9.17, 15) is 4.39 Å². The lowest BCUT2D eigenvalue weighted by molar-refractivity contribution is 0.622. The van der Waals surface area contributed by atoms with Crippen LogP contribution in [0.15, 0.2) is 36.0 Å². The monoisotopic (exact) mass is 381 g/mol. The van der Waals surface area contributed by atoms with Crippen molar-refractivity contribution in [2.45, 2.75) is 11.6 Å². The third-order valence-electron chi connectivity index (χ3n) is 3.12. The molecule has 5 nitrogen and oxygen atoms in total. The van der Waals surface area contributed by atoms with Crippen LogP contribution in [0.5, 0.6) is 0 Å². The Kier molecular flexibility index (Phi) is 5.23. The van der Waals surface area contributed by atoms with E-state index in [-0.39, 0.29) is 5.15 Å². The molecule has 0 aliphatic rings. The van der Waals surface area contributed by atoms with Gasteiger partial charge in [-0.25, -0.2) is 29.3 Å². The van der Waals surface area contributed by atoms with Crippen LogP contribution in [0.1, 0.15) is 11.4 Å². The summed E-state index contributed by atoms with van der Waals surface area (Å²) in [5, 5.41) is 0.846. The number of halogens is 3. The molecule has 3 heterocycles. The Morgan fingerprint density at radius 1 is 1.04 bits per heavy atom. The minimum atomic E-state index is -0.604. The lowest BCUT2D eigenvalue weighted by Crippen LogP contribution is -2.02. The van der Waals surface area contributed by atoms with Gasteiger partial charge in [0.05, 0.1) is 10.7 Å². The third-order valence-corrected chi connectivity index (χ3v) is 4.15. The average molecular weight is 382 g/mol. The average Bonchev–Trinajstić information content (AvgIpc) is 2.60. The maximum atomic E-state index is 13.8. The first-order valence-electron chi connectivity index (χ1n) is 6.74. The van der Waals surface area contributed by atoms with Gasteiger partial charge in [-0.3, -0.25) is 0 Å². The van der Waals surface area contributed by atoms with Gasteiger partial charge in [0.2, 0.25) is 0 Å². The van der Waals surface area contributed by atoms with Crippen LogP contribution in [0.4, 0.5) is 4.39 Å². The standard InChI is InChI=1S/C15H10Cl2FN5S/c1-24-15-22-5-9(3-12-19-6-10(16)7-20-12)13(23-15)8-2-11(18)14(17)21-4-8/h2,4-7H,3H2,1H3. The summed E-state index contributed by atoms with van der Waals surface area (Å²) in [6.07, 6.45) is 8.43. The van der Waals surface area contributed by atoms with Gasteiger partial charge in [-0.05, 0) is 12.3 Å². The molecule has 3 rings (SSSR count). The molecule has 0 aliphatic carbocycles. The van der Waals surface area contributed by atoms with Crippen LogP contribution in [-0.4, -0.2) is 31.2 Å². The van der Waals surface area contributed by atoms with Crippen molar-refractivity contribution < 1.29 is 4.39 Å². The lowest BCUT2D eigenvalue weighted by atomic mass is 10.1. The van der Waals surface area contributed by atoms with Crippen LogP contribution in [0.2, 0.25) is 10.2 Å². The van der Waals surface area contributed by atoms with E-state index in [0.29, 0.717) is 33.7 Å². The van der Waals surface area contributed by atoms with Crippen LogP contribution in [0.3, 0.4) is 0 Å². The zero-order valence-corrected chi connectivity index (χ0v) is 14.7. The highest BCUT2D eigenvalue weighted by atomic mass is 35.5. The Balaban J connectivity index is 2.05. The van der Waals surface area contributed by atoms with Crippen molar-refractivity contribution in [3.63, 3.8) is 0 Å². The smallest absolute Gasteiger partial charge is 0.187 e. The van der Waals surface area contributed by atoms with E-state index in [1.54, 1.807) is 6.20 Å². The number of thioether (sulfide) groups is 1. The Bertz CT molecular complexity index is 876. The second-order valence-electron chi connectivity index (χ2n) is 4.72. The normalized spacial score (nSPS) is 10.8. The van der Waals surface area contributed by atoms with Crippen LogP contribution < -0.4 is 0 Å². The number of aromatic nitrogens is 5. The van der Waals surface area contributed by atoms with Crippen LogP contribution >= 0.6 is 35.0 Å². The molecule has 0 radical (unpaired) electrons. The molecule has 3 aromatic rings. The second-order valence-corrected chi connectivity index (χ2v) is 6.29. The third kappa shape index (κ3) is 3.80. The maximum absolute atomic E-state index is 13.8. The van der Waals surface area contributed by atoms with Crippen molar-refractivity contribution >= 4 is 35.0 Å². The number of nitrogens with zero attached hydrogens (tertiary/aromatic N) is 5. The summed E-state index contributed by atoms with van der Waals surface area (Å²) in [6, 6.07) is 1.30. The first-order valence-corrected chi connectivity index (χ1v) is 8.72. The molecule has 0 unspecified atom stereocenters. The Morgan fingerprint density at radius 3 is 2.46 bits per heavy atom. The number of hydrogen-bond donors (Lipinski definition) is 0. The molecule has 0 bridgehead atoms. The minimum absolute atomic E-state index is 0.180. The molecule has 3 aromatic heterocycles. The van der Waals surface area contributed by atoms with E-state index >= 15 is 0 Å². The van der Waals surface area contributed by atoms with Crippen molar-refractivity contribution in [2.75, 3.05) is 6.26 Å². The topological polar surface area (TPSA) is 64.5 Å². The van der Waals surface area contributed by atoms with Gasteiger partial charge in [0.25, 0.3) is 0 Å². The van der Waals surface area contributed by atoms with E-state index in [1.807, 2.05) is 6.26 Å². The maximum Gasteiger partial charge on any atom is 0.187 e. The van der Waals surface area contributed by atoms with E-state index in [1.165, 1.54) is 36.4 Å². The molecule has 0 aliphatic heterocycles. The zero-order chi connectivity index (χ0) is 17.1. The molecular formula is C15H10Cl2FN5S. The Labute approximate surface area is 151 Å². The van der Waals surface area contributed by atoms with Crippen LogP contribution in [0, 0.1) is 5.82 Å². The highest BCUT2D eigenvalue weighted by Crippen LogP contribution is 2.26. The summed E-state index contributed by atoms with van der Waals surface area (Å²) < 4.78 is 13.8. The van der Waals surface area contributed by atoms with Crippen molar-refractivity contribution in [3.05, 3.63) is 58.2 Å². The van der Waals surface area contributed by atoms with Crippen molar-refractivity contribution in [1.29, 1.82) is 0 Å². The fraction of sp³-hybridized carbons (Fsp3) is 0.133. The highest BCUT2D eigenvalue weighted by Gasteiger charge is 2.14. The van der Waals surface area contributed by atoms with Crippen molar-refractivity contribution in [1.82, 2.24) is 24.9 Å². The van der Waals surface area contributed by atoms with Crippen molar-refractivity contribution in [2.24, 2.45) is 0 Å². The molecule has 0 atom stereocenters. The zero-order valence-electron chi connectivity index (χ0n) is 12.4. The van der Waals surface area contributed by atoms with Gasteiger partial charge in [0, 0.05) is 42.3 Å². The highest BCUT2D eigenvalue weighted by molar-refractivity contribution is 7.98. The summed E-state index contributed by atoms with van der Waals surface area (Å²) in [5.41, 5.74) is 1.83. The Morgan fingerprint density at radius 2 is 1.79 bits per heavy atom. The van der Waals surface area contributed by atoms with Gasteiger partial charge in [-0.1, -0.05) is 35.0 Å². The van der Waals surface area contributed by atoms with E-state index in [4.69, 9.17) is 23.2 Å². The van der Waals surface area contributed by atoms with Crippen LogP contribution in [-0.2, 0) is 6.42 Å². The summed E-state index contributed by atoms with van der Waals surface area (Å²) >= 11 is 12.8. The molecule has 0 aromatic carbocycles. The largest absolute Gasteiger partial charge is 0.241 e. The van der Waals surface area contributed by atoms with Crippen molar-refractivity contribution in [3.8, 4) is 11.3 Å². The first kappa shape index (κ1) is 17.0. The lowest BCUT2D eigenvalue weighted by Gasteiger charge is -2.09. The fourth-order valence-electron chi connectivity index (χ4n) is 2.02. The van der Waals surface area contributed by atoms with Gasteiger partial charge in [-0.15, -0.1) is 0 Å². The number of hydrogen-bond acceptors (Lipinski definition) is 6. The molecule has 0 amide bonds. The molecule has 0 saturated carbocycles. The number of rotatable bonds is 4. The van der Waals surface area contributed by atoms with Gasteiger partial charge in [-0.2, -0.15) is 0 Å². The SMILES string of the molecule is CSc1ncc(Cc2ncc(Cl)cn2)c(-c2cnc(Cl)c(F)c2)n1. The van der Waals surface area contributed by atoms with Gasteiger partial charge in [0.15, 0.2) is 16.1 Å². The van der Waals surface area contributed by atoms with Crippen LogP contribution in [0.25, 0.3) is 11.3 Å². The summed E-state index contributed by atoms with van der Waals surface area (Å²) in [5.74, 6) is -0.0456. The molecule has 24 heavy (non-hydrogen) atoms. The predicted octanol–water partition coefficient (Wildman–Crippen LogP) is 4.09. The second kappa shape index (κ2) is 7.38. The number of pyridine rings is 1. The first-order chi connectivity index (χ1) is 11.6. The molecule has 122 valence electrons. The Hall–Kier alpha value is -1.83. The predicted molar refractivity (Wildman–Crippen MR) is 91.9 cm³/mol. The molecule has 0 spiro atoms. The fourth-order valence-corrected chi connectivity index (χ4v) is 2.56. The minimum Gasteiger partial charge on any atom is -0.241 e. The van der Waals surface area contributed by atoms with E-state index < -0.39 is 5.82 Å². The quantitative estimate of drug-likeness (QED) is 0.385. The summed E-state index contributed by atoms with van der Waals surface area (Å²) in [6.45, 7) is 0. The molecule has 0 fully saturated rings. The summed E-state index contributed by atoms with van der Waals surface area (Å²) in [7, 11) is 0. The van der Waals surface area contributed by atoms with E-state index in [0.717, 1.165) is 5.56 Å². The molecule has 9 heteroatoms. The van der Waals surface area contributed by atoms with Gasteiger partial charge < -0.3 is 0 Å². The molecular weight excluding hydrogens is 372 g/mol. The summed E-state index contributed by atoms with van der Waals surface area (Å²) in [4.78, 5) is 20.9. The van der Waals surface area contributed by atoms with Gasteiger partial charge in [0.1, 0.15) is 5.82 Å².